The number of hydrogen-bond donors (Lipinski definition) is 1. The minimum Gasteiger partial charge on any atom is -0.486 e. The molecule has 3 rings (SSSR count). The molecule has 9 heteroatoms. The molecule has 0 bridgehead atoms. The molecular weight excluding hydrogens is 394 g/mol. The Morgan fingerprint density at radius 2 is 2.18 bits per heavy atom. The number of aromatic nitrogens is 4. The fourth-order valence-electron chi connectivity index (χ4n) is 2.32. The van der Waals surface area contributed by atoms with Crippen LogP contribution in [0, 0.1) is 6.92 Å². The van der Waals surface area contributed by atoms with E-state index in [1.807, 2.05) is 54.1 Å². The van der Waals surface area contributed by atoms with Gasteiger partial charge in [0.25, 0.3) is 0 Å². The molecule has 146 valence electrons. The number of anilines is 1. The minimum atomic E-state index is -0.361. The fourth-order valence-corrected chi connectivity index (χ4v) is 3.89. The van der Waals surface area contributed by atoms with Gasteiger partial charge < -0.3 is 10.1 Å². The number of amides is 1. The zero-order valence-electron chi connectivity index (χ0n) is 15.7. The van der Waals surface area contributed by atoms with E-state index in [4.69, 9.17) is 4.74 Å². The summed E-state index contributed by atoms with van der Waals surface area (Å²) >= 11 is 2.74. The van der Waals surface area contributed by atoms with Crippen molar-refractivity contribution in [2.75, 3.05) is 5.32 Å². The molecular formula is C19H21N5O2S2. The van der Waals surface area contributed by atoms with Crippen LogP contribution < -0.4 is 10.1 Å². The quantitative estimate of drug-likeness (QED) is 0.421. The van der Waals surface area contributed by atoms with Crippen LogP contribution in [0.1, 0.15) is 18.4 Å². The lowest BCUT2D eigenvalue weighted by Crippen LogP contribution is -2.23. The van der Waals surface area contributed by atoms with Crippen LogP contribution in [0.25, 0.3) is 0 Å². The zero-order valence-corrected chi connectivity index (χ0v) is 17.3. The molecule has 1 amide bonds. The van der Waals surface area contributed by atoms with Crippen LogP contribution in [0.4, 0.5) is 5.13 Å². The van der Waals surface area contributed by atoms with E-state index in [0.717, 1.165) is 11.4 Å². The summed E-state index contributed by atoms with van der Waals surface area (Å²) in [4.78, 5) is 16.7. The molecule has 1 atom stereocenters. The van der Waals surface area contributed by atoms with Crippen molar-refractivity contribution in [2.24, 2.45) is 0 Å². The lowest BCUT2D eigenvalue weighted by molar-refractivity contribution is -0.115. The van der Waals surface area contributed by atoms with E-state index in [-0.39, 0.29) is 17.8 Å². The molecule has 0 spiro atoms. The van der Waals surface area contributed by atoms with Crippen LogP contribution in [-0.2, 0) is 17.9 Å². The van der Waals surface area contributed by atoms with Crippen molar-refractivity contribution in [2.45, 2.75) is 37.4 Å². The number of thioether (sulfide) groups is 1. The predicted octanol–water partition coefficient (Wildman–Crippen LogP) is 3.93. The maximum Gasteiger partial charge on any atom is 0.239 e. The third kappa shape index (κ3) is 5.20. The minimum absolute atomic E-state index is 0.130. The number of rotatable bonds is 9. The highest BCUT2D eigenvalue weighted by Gasteiger charge is 2.21. The molecule has 2 aromatic heterocycles. The number of benzene rings is 1. The highest BCUT2D eigenvalue weighted by Crippen LogP contribution is 2.25. The van der Waals surface area contributed by atoms with Crippen LogP contribution in [0.15, 0.2) is 53.5 Å². The Morgan fingerprint density at radius 1 is 1.39 bits per heavy atom. The van der Waals surface area contributed by atoms with Gasteiger partial charge in [0.15, 0.2) is 16.1 Å². The van der Waals surface area contributed by atoms with Gasteiger partial charge in [-0.2, -0.15) is 0 Å². The van der Waals surface area contributed by atoms with Crippen molar-refractivity contribution in [1.29, 1.82) is 0 Å². The first-order chi connectivity index (χ1) is 13.6. The summed E-state index contributed by atoms with van der Waals surface area (Å²) in [5.74, 6) is 1.31. The molecule has 1 N–H and O–H groups in total. The SMILES string of the molecule is C=CCn1c(COc2ccccc2)nnc1SC(C)C(=O)Nc1nc(C)cs1. The summed E-state index contributed by atoms with van der Waals surface area (Å²) in [6.07, 6.45) is 1.77. The standard InChI is InChI=1S/C19H21N5O2S2/c1-4-10-24-16(11-26-15-8-6-5-7-9-15)22-23-19(24)28-14(3)17(25)21-18-20-13(2)12-27-18/h4-9,12,14H,1,10-11H2,2-3H3,(H,20,21,25). The molecule has 28 heavy (non-hydrogen) atoms. The number of thiazole rings is 1. The van der Waals surface area contributed by atoms with Crippen LogP contribution in [0.5, 0.6) is 5.75 Å². The summed E-state index contributed by atoms with van der Waals surface area (Å²) in [5.41, 5.74) is 0.884. The van der Waals surface area contributed by atoms with Gasteiger partial charge in [-0.05, 0) is 26.0 Å². The molecule has 2 heterocycles. The highest BCUT2D eigenvalue weighted by atomic mass is 32.2. The van der Waals surface area contributed by atoms with Gasteiger partial charge >= 0.3 is 0 Å². The first-order valence-electron chi connectivity index (χ1n) is 8.67. The molecule has 0 saturated carbocycles. The lowest BCUT2D eigenvalue weighted by Gasteiger charge is -2.12. The van der Waals surface area contributed by atoms with Crippen molar-refractivity contribution in [3.8, 4) is 5.75 Å². The summed E-state index contributed by atoms with van der Waals surface area (Å²) in [7, 11) is 0. The van der Waals surface area contributed by atoms with Crippen molar-refractivity contribution in [1.82, 2.24) is 19.7 Å². The average molecular weight is 416 g/mol. The number of ether oxygens (including phenoxy) is 1. The Labute approximate surface area is 171 Å². The average Bonchev–Trinajstić information content (AvgIpc) is 3.27. The monoisotopic (exact) mass is 415 g/mol. The van der Waals surface area contributed by atoms with E-state index < -0.39 is 0 Å². The van der Waals surface area contributed by atoms with Gasteiger partial charge in [-0.15, -0.1) is 28.1 Å². The van der Waals surface area contributed by atoms with Crippen LogP contribution >= 0.6 is 23.1 Å². The van der Waals surface area contributed by atoms with Crippen molar-refractivity contribution < 1.29 is 9.53 Å². The van der Waals surface area contributed by atoms with Gasteiger partial charge in [-0.25, -0.2) is 4.98 Å². The summed E-state index contributed by atoms with van der Waals surface area (Å²) < 4.78 is 7.67. The molecule has 0 radical (unpaired) electrons. The van der Waals surface area contributed by atoms with Crippen molar-refractivity contribution in [3.63, 3.8) is 0 Å². The number of carbonyl (C=O) groups is 1. The Hall–Kier alpha value is -2.65. The van der Waals surface area contributed by atoms with Crippen LogP contribution in [-0.4, -0.2) is 30.9 Å². The third-order valence-electron chi connectivity index (χ3n) is 3.72. The fraction of sp³-hybridized carbons (Fsp3) is 0.263. The van der Waals surface area contributed by atoms with Gasteiger partial charge in [0.05, 0.1) is 10.9 Å². The van der Waals surface area contributed by atoms with Gasteiger partial charge in [0.2, 0.25) is 5.91 Å². The maximum absolute atomic E-state index is 12.4. The number of aryl methyl sites for hydroxylation is 1. The molecule has 1 unspecified atom stereocenters. The normalized spacial score (nSPS) is 11.8. The Kier molecular flexibility index (Phi) is 6.83. The van der Waals surface area contributed by atoms with Gasteiger partial charge in [-0.3, -0.25) is 9.36 Å². The Morgan fingerprint density at radius 3 is 2.86 bits per heavy atom. The van der Waals surface area contributed by atoms with Crippen LogP contribution in [0.2, 0.25) is 0 Å². The second-order valence-electron chi connectivity index (χ2n) is 5.94. The van der Waals surface area contributed by atoms with E-state index in [1.54, 1.807) is 6.08 Å². The molecule has 0 fully saturated rings. The number of hydrogen-bond acceptors (Lipinski definition) is 7. The van der Waals surface area contributed by atoms with Crippen LogP contribution in [0.3, 0.4) is 0 Å². The number of nitrogens with zero attached hydrogens (tertiary/aromatic N) is 4. The largest absolute Gasteiger partial charge is 0.486 e. The molecule has 7 nitrogen and oxygen atoms in total. The van der Waals surface area contributed by atoms with Gasteiger partial charge in [0, 0.05) is 11.9 Å². The van der Waals surface area contributed by atoms with E-state index in [9.17, 15) is 4.79 Å². The predicted molar refractivity (Wildman–Crippen MR) is 112 cm³/mol. The van der Waals surface area contributed by atoms with E-state index >= 15 is 0 Å². The molecule has 0 aliphatic rings. The Bertz CT molecular complexity index is 939. The second kappa shape index (κ2) is 9.52. The van der Waals surface area contributed by atoms with E-state index in [0.29, 0.717) is 22.7 Å². The first kappa shape index (κ1) is 20.1. The number of carbonyl (C=O) groups excluding carboxylic acids is 1. The number of allylic oxidation sites excluding steroid dienone is 1. The lowest BCUT2D eigenvalue weighted by atomic mass is 10.3. The molecule has 0 saturated heterocycles. The zero-order chi connectivity index (χ0) is 19.9. The van der Waals surface area contributed by atoms with E-state index in [2.05, 4.69) is 27.1 Å². The topological polar surface area (TPSA) is 81.9 Å². The molecule has 3 aromatic rings. The molecule has 1 aromatic carbocycles. The maximum atomic E-state index is 12.4. The highest BCUT2D eigenvalue weighted by molar-refractivity contribution is 8.00. The second-order valence-corrected chi connectivity index (χ2v) is 8.11. The summed E-state index contributed by atoms with van der Waals surface area (Å²) in [6, 6.07) is 9.53. The first-order valence-corrected chi connectivity index (χ1v) is 10.4. The number of para-hydroxylation sites is 1. The third-order valence-corrected chi connectivity index (χ3v) is 5.67. The summed E-state index contributed by atoms with van der Waals surface area (Å²) in [6.45, 7) is 8.33. The van der Waals surface area contributed by atoms with Crippen molar-refractivity contribution in [3.05, 3.63) is 59.9 Å². The van der Waals surface area contributed by atoms with E-state index in [1.165, 1.54) is 23.1 Å². The number of nitrogens with one attached hydrogen (secondary N) is 1. The van der Waals surface area contributed by atoms with Crippen molar-refractivity contribution >= 4 is 34.1 Å². The smallest absolute Gasteiger partial charge is 0.239 e. The molecule has 0 aliphatic heterocycles. The molecule has 0 aliphatic carbocycles. The van der Waals surface area contributed by atoms with Gasteiger partial charge in [0.1, 0.15) is 12.4 Å². The van der Waals surface area contributed by atoms with Gasteiger partial charge in [-0.1, -0.05) is 36.0 Å². The summed E-state index contributed by atoms with van der Waals surface area (Å²) in [5, 5.41) is 14.1. The Balaban J connectivity index is 1.66.